The molecule has 4 aromatic rings. The van der Waals surface area contributed by atoms with Gasteiger partial charge in [-0.15, -0.1) is 5.10 Å². The van der Waals surface area contributed by atoms with E-state index < -0.39 is 5.97 Å². The highest BCUT2D eigenvalue weighted by molar-refractivity contribution is 7.99. The van der Waals surface area contributed by atoms with Crippen LogP contribution in [0.1, 0.15) is 11.4 Å². The van der Waals surface area contributed by atoms with Crippen LogP contribution in [-0.4, -0.2) is 54.1 Å². The molecule has 0 aliphatic carbocycles. The van der Waals surface area contributed by atoms with Crippen LogP contribution in [0.4, 0.5) is 0 Å². The van der Waals surface area contributed by atoms with E-state index >= 15 is 0 Å². The van der Waals surface area contributed by atoms with Gasteiger partial charge in [-0.3, -0.25) is 0 Å². The summed E-state index contributed by atoms with van der Waals surface area (Å²) in [6, 6.07) is 15.0. The maximum Gasteiger partial charge on any atom is 0.345 e. The van der Waals surface area contributed by atoms with Crippen LogP contribution < -0.4 is 0 Å². The Hall–Kier alpha value is -3.66. The Kier molecular flexibility index (Phi) is 5.48. The van der Waals surface area contributed by atoms with E-state index in [9.17, 15) is 9.90 Å². The molecule has 0 saturated heterocycles. The zero-order valence-electron chi connectivity index (χ0n) is 16.2. The number of benzene rings is 2. The maximum atomic E-state index is 12.4. The van der Waals surface area contributed by atoms with Gasteiger partial charge in [0.2, 0.25) is 5.16 Å². The summed E-state index contributed by atoms with van der Waals surface area (Å²) in [5, 5.41) is 23.0. The summed E-state index contributed by atoms with van der Waals surface area (Å²) in [5.74, 6) is -0.594. The highest BCUT2D eigenvalue weighted by Gasteiger charge is 2.23. The predicted octanol–water partition coefficient (Wildman–Crippen LogP) is 3.08. The van der Waals surface area contributed by atoms with Crippen LogP contribution in [0.3, 0.4) is 0 Å². The SMILES string of the molecule is COC(=O)C(=C(O)CSc1nnnn1-c1ccccc1C)c1nc2ccccc2[nH]1. The van der Waals surface area contributed by atoms with Crippen LogP contribution in [0.2, 0.25) is 0 Å². The van der Waals surface area contributed by atoms with E-state index in [-0.39, 0.29) is 22.9 Å². The fourth-order valence-corrected chi connectivity index (χ4v) is 3.71. The number of hydrogen-bond acceptors (Lipinski definition) is 8. The Morgan fingerprint density at radius 1 is 1.20 bits per heavy atom. The lowest BCUT2D eigenvalue weighted by Crippen LogP contribution is -2.10. The molecule has 2 heterocycles. The number of aromatic nitrogens is 6. The second-order valence-electron chi connectivity index (χ2n) is 6.36. The number of thioether (sulfide) groups is 1. The van der Waals surface area contributed by atoms with Crippen LogP contribution in [0.25, 0.3) is 22.3 Å². The van der Waals surface area contributed by atoms with Gasteiger partial charge in [0.1, 0.15) is 17.2 Å². The number of para-hydroxylation sites is 3. The predicted molar refractivity (Wildman–Crippen MR) is 112 cm³/mol. The summed E-state index contributed by atoms with van der Waals surface area (Å²) in [4.78, 5) is 19.8. The molecule has 0 atom stereocenters. The number of carbonyl (C=O) groups excluding carboxylic acids is 1. The molecule has 0 aliphatic rings. The van der Waals surface area contributed by atoms with Gasteiger partial charge in [0.05, 0.1) is 29.6 Å². The first-order valence-electron chi connectivity index (χ1n) is 9.01. The van der Waals surface area contributed by atoms with E-state index in [2.05, 4.69) is 25.5 Å². The normalized spacial score (nSPS) is 12.1. The maximum absolute atomic E-state index is 12.4. The van der Waals surface area contributed by atoms with Crippen LogP contribution in [0.15, 0.2) is 59.4 Å². The summed E-state index contributed by atoms with van der Waals surface area (Å²) in [6.45, 7) is 1.96. The minimum absolute atomic E-state index is 0.0314. The number of aliphatic hydroxyl groups is 1. The number of fused-ring (bicyclic) bond motifs is 1. The second kappa shape index (κ2) is 8.37. The number of rotatable bonds is 6. The number of ether oxygens (including phenoxy) is 1. The van der Waals surface area contributed by atoms with E-state index in [4.69, 9.17) is 4.74 Å². The Balaban J connectivity index is 1.65. The van der Waals surface area contributed by atoms with E-state index in [1.165, 1.54) is 18.9 Å². The highest BCUT2D eigenvalue weighted by Crippen LogP contribution is 2.26. The fourth-order valence-electron chi connectivity index (χ4n) is 2.95. The van der Waals surface area contributed by atoms with E-state index in [0.29, 0.717) is 10.7 Å². The van der Waals surface area contributed by atoms with E-state index in [1.807, 2.05) is 55.5 Å². The van der Waals surface area contributed by atoms with Gasteiger partial charge in [-0.1, -0.05) is 42.1 Å². The number of methoxy groups -OCH3 is 1. The van der Waals surface area contributed by atoms with Crippen molar-refractivity contribution in [3.63, 3.8) is 0 Å². The van der Waals surface area contributed by atoms with Crippen molar-refractivity contribution in [2.75, 3.05) is 12.9 Å². The van der Waals surface area contributed by atoms with Crippen molar-refractivity contribution in [3.05, 3.63) is 65.7 Å². The van der Waals surface area contributed by atoms with Gasteiger partial charge in [0, 0.05) is 0 Å². The fraction of sp³-hybridized carbons (Fsp3) is 0.150. The average Bonchev–Trinajstić information content (AvgIpc) is 3.39. The van der Waals surface area contributed by atoms with Gasteiger partial charge in [0.15, 0.2) is 0 Å². The number of nitrogens with one attached hydrogen (secondary N) is 1. The Morgan fingerprint density at radius 3 is 2.73 bits per heavy atom. The zero-order valence-corrected chi connectivity index (χ0v) is 17.1. The zero-order chi connectivity index (χ0) is 21.1. The molecule has 0 amide bonds. The summed E-state index contributed by atoms with van der Waals surface area (Å²) in [5.41, 5.74) is 3.23. The van der Waals surface area contributed by atoms with E-state index in [1.54, 1.807) is 4.68 Å². The van der Waals surface area contributed by atoms with Crippen molar-refractivity contribution in [2.24, 2.45) is 0 Å². The minimum atomic E-state index is -0.689. The molecule has 9 nitrogen and oxygen atoms in total. The molecule has 2 aromatic carbocycles. The van der Waals surface area contributed by atoms with Crippen LogP contribution in [-0.2, 0) is 9.53 Å². The third-order valence-corrected chi connectivity index (χ3v) is 5.36. The first kappa shape index (κ1) is 19.6. The van der Waals surface area contributed by atoms with Crippen molar-refractivity contribution in [1.29, 1.82) is 0 Å². The summed E-state index contributed by atoms with van der Waals surface area (Å²) < 4.78 is 6.45. The van der Waals surface area contributed by atoms with Crippen LogP contribution >= 0.6 is 11.8 Å². The molecule has 0 aliphatic heterocycles. The Morgan fingerprint density at radius 2 is 1.97 bits per heavy atom. The highest BCUT2D eigenvalue weighted by atomic mass is 32.2. The number of nitrogens with zero attached hydrogens (tertiary/aromatic N) is 5. The monoisotopic (exact) mass is 422 g/mol. The second-order valence-corrected chi connectivity index (χ2v) is 7.31. The van der Waals surface area contributed by atoms with Gasteiger partial charge in [-0.05, 0) is 41.1 Å². The summed E-state index contributed by atoms with van der Waals surface area (Å²) in [6.07, 6.45) is 0. The molecule has 152 valence electrons. The lowest BCUT2D eigenvalue weighted by atomic mass is 10.2. The number of aromatic amines is 1. The number of tetrazole rings is 1. The number of aliphatic hydroxyl groups excluding tert-OH is 1. The molecule has 0 bridgehead atoms. The lowest BCUT2D eigenvalue weighted by Gasteiger charge is -2.08. The van der Waals surface area contributed by atoms with Crippen molar-refractivity contribution < 1.29 is 14.6 Å². The largest absolute Gasteiger partial charge is 0.510 e. The summed E-state index contributed by atoms with van der Waals surface area (Å²) >= 11 is 1.19. The van der Waals surface area contributed by atoms with Gasteiger partial charge in [-0.25, -0.2) is 9.78 Å². The Bertz CT molecular complexity index is 1210. The Labute approximate surface area is 175 Å². The molecule has 2 N–H and O–H groups in total. The third kappa shape index (κ3) is 3.77. The molecule has 0 radical (unpaired) electrons. The molecule has 30 heavy (non-hydrogen) atoms. The van der Waals surface area contributed by atoms with Crippen LogP contribution in [0.5, 0.6) is 0 Å². The smallest absolute Gasteiger partial charge is 0.345 e. The minimum Gasteiger partial charge on any atom is -0.510 e. The number of aryl methyl sites for hydroxylation is 1. The number of H-pyrrole nitrogens is 1. The van der Waals surface area contributed by atoms with Gasteiger partial charge >= 0.3 is 5.97 Å². The van der Waals surface area contributed by atoms with Crippen molar-refractivity contribution in [3.8, 4) is 5.69 Å². The molecule has 0 fully saturated rings. The topological polar surface area (TPSA) is 119 Å². The molecule has 0 spiro atoms. The molecule has 2 aromatic heterocycles. The number of hydrogen-bond donors (Lipinski definition) is 2. The first-order chi connectivity index (χ1) is 14.6. The number of esters is 1. The molecule has 0 unspecified atom stereocenters. The average molecular weight is 422 g/mol. The molecule has 4 rings (SSSR count). The van der Waals surface area contributed by atoms with Crippen LogP contribution in [0, 0.1) is 6.92 Å². The standard InChI is InChI=1S/C20H18N6O3S/c1-12-7-3-6-10-15(12)26-20(23-24-25-26)30-11-16(27)17(19(28)29-2)18-21-13-8-4-5-9-14(13)22-18/h3-10,27H,11H2,1-2H3,(H,21,22). The van der Waals surface area contributed by atoms with Crippen molar-refractivity contribution in [2.45, 2.75) is 12.1 Å². The quantitative estimate of drug-likeness (QED) is 0.211. The molecule has 0 saturated carbocycles. The molecular formula is C20H18N6O3S. The van der Waals surface area contributed by atoms with Gasteiger partial charge < -0.3 is 14.8 Å². The third-order valence-electron chi connectivity index (χ3n) is 4.43. The van der Waals surface area contributed by atoms with Crippen molar-refractivity contribution >= 4 is 34.3 Å². The summed E-state index contributed by atoms with van der Waals surface area (Å²) in [7, 11) is 1.25. The lowest BCUT2D eigenvalue weighted by molar-refractivity contribution is -0.133. The first-order valence-corrected chi connectivity index (χ1v) is 9.99. The van der Waals surface area contributed by atoms with Gasteiger partial charge in [-0.2, -0.15) is 4.68 Å². The molecular weight excluding hydrogens is 404 g/mol. The van der Waals surface area contributed by atoms with Crippen molar-refractivity contribution in [1.82, 2.24) is 30.2 Å². The van der Waals surface area contributed by atoms with Gasteiger partial charge in [0.25, 0.3) is 0 Å². The number of carbonyl (C=O) groups is 1. The number of imidazole rings is 1. The molecule has 10 heteroatoms. The van der Waals surface area contributed by atoms with E-state index in [0.717, 1.165) is 16.8 Å².